The van der Waals surface area contributed by atoms with E-state index in [4.69, 9.17) is 5.11 Å². The summed E-state index contributed by atoms with van der Waals surface area (Å²) >= 11 is 0. The minimum atomic E-state index is -1.38. The number of carbonyl (C=O) groups excluding carboxylic acids is 2. The van der Waals surface area contributed by atoms with Crippen molar-refractivity contribution >= 4 is 23.6 Å². The molecule has 0 saturated heterocycles. The van der Waals surface area contributed by atoms with Gasteiger partial charge in [0, 0.05) is 12.8 Å². The number of aliphatic carboxylic acids is 1. The van der Waals surface area contributed by atoms with E-state index in [9.17, 15) is 14.4 Å². The summed E-state index contributed by atoms with van der Waals surface area (Å²) < 4.78 is 0. The molecule has 0 aliphatic heterocycles. The van der Waals surface area contributed by atoms with Crippen LogP contribution in [0.1, 0.15) is 37.7 Å². The maximum Gasteiger partial charge on any atom is 0.372 e. The second kappa shape index (κ2) is 8.80. The first-order valence-corrected chi connectivity index (χ1v) is 6.61. The van der Waals surface area contributed by atoms with Crippen molar-refractivity contribution in [2.45, 2.75) is 32.1 Å². The van der Waals surface area contributed by atoms with Crippen molar-refractivity contribution in [1.82, 2.24) is 0 Å². The Hall–Kier alpha value is -2.23. The van der Waals surface area contributed by atoms with Gasteiger partial charge in [0.2, 0.25) is 5.78 Å². The monoisotopic (exact) mass is 274 g/mol. The molecule has 0 atom stereocenters. The van der Waals surface area contributed by atoms with Crippen LogP contribution in [-0.4, -0.2) is 22.6 Å². The topological polar surface area (TPSA) is 71.4 Å². The Morgan fingerprint density at radius 1 is 0.950 bits per heavy atom. The second-order valence-corrected chi connectivity index (χ2v) is 4.50. The highest BCUT2D eigenvalue weighted by Gasteiger charge is 2.09. The average Bonchev–Trinajstić information content (AvgIpc) is 2.45. The molecule has 0 unspecified atom stereocenters. The third-order valence-corrected chi connectivity index (χ3v) is 2.83. The maximum absolute atomic E-state index is 11.6. The van der Waals surface area contributed by atoms with E-state index in [0.717, 1.165) is 5.56 Å². The van der Waals surface area contributed by atoms with Crippen LogP contribution < -0.4 is 0 Å². The lowest BCUT2D eigenvalue weighted by molar-refractivity contribution is -0.149. The number of allylic oxidation sites excluding steroid dienone is 1. The van der Waals surface area contributed by atoms with Crippen LogP contribution in [0.25, 0.3) is 6.08 Å². The molecule has 1 aromatic carbocycles. The highest BCUT2D eigenvalue weighted by atomic mass is 16.4. The van der Waals surface area contributed by atoms with Gasteiger partial charge in [0.1, 0.15) is 0 Å². The van der Waals surface area contributed by atoms with Crippen LogP contribution in [0.3, 0.4) is 0 Å². The van der Waals surface area contributed by atoms with Crippen LogP contribution in [0.4, 0.5) is 0 Å². The first kappa shape index (κ1) is 15.8. The van der Waals surface area contributed by atoms with Gasteiger partial charge in [0.25, 0.3) is 0 Å². The molecule has 1 N–H and O–H groups in total. The van der Waals surface area contributed by atoms with Crippen LogP contribution in [0.15, 0.2) is 36.4 Å². The van der Waals surface area contributed by atoms with E-state index in [1.54, 1.807) is 12.2 Å². The summed E-state index contributed by atoms with van der Waals surface area (Å²) in [5.74, 6) is -2.11. The van der Waals surface area contributed by atoms with Crippen molar-refractivity contribution in [3.05, 3.63) is 42.0 Å². The second-order valence-electron chi connectivity index (χ2n) is 4.50. The molecule has 0 spiro atoms. The van der Waals surface area contributed by atoms with E-state index >= 15 is 0 Å². The summed E-state index contributed by atoms with van der Waals surface area (Å²) in [6.07, 6.45) is 5.66. The molecule has 0 aliphatic carbocycles. The zero-order valence-corrected chi connectivity index (χ0v) is 11.2. The Balaban J connectivity index is 2.16. The quantitative estimate of drug-likeness (QED) is 0.427. The number of hydrogen-bond donors (Lipinski definition) is 1. The van der Waals surface area contributed by atoms with E-state index in [1.165, 1.54) is 0 Å². The maximum atomic E-state index is 11.6. The van der Waals surface area contributed by atoms with Crippen molar-refractivity contribution in [1.29, 1.82) is 0 Å². The molecule has 4 heteroatoms. The standard InChI is InChI=1S/C16H18O4/c17-14(12-11-13-7-3-1-4-8-13)9-5-2-6-10-15(18)16(19)20/h1,3-4,7-8,11-12H,2,5-6,9-10H2,(H,19,20). The Morgan fingerprint density at radius 2 is 1.60 bits per heavy atom. The summed E-state index contributed by atoms with van der Waals surface area (Å²) in [4.78, 5) is 32.7. The molecule has 20 heavy (non-hydrogen) atoms. The number of unbranched alkanes of at least 4 members (excludes halogenated alkanes) is 2. The molecule has 0 fully saturated rings. The number of rotatable bonds is 9. The van der Waals surface area contributed by atoms with Gasteiger partial charge in [-0.25, -0.2) is 4.79 Å². The zero-order chi connectivity index (χ0) is 14.8. The molecule has 106 valence electrons. The lowest BCUT2D eigenvalue weighted by atomic mass is 10.1. The van der Waals surface area contributed by atoms with Gasteiger partial charge in [-0.1, -0.05) is 42.8 Å². The Morgan fingerprint density at radius 3 is 2.25 bits per heavy atom. The number of Topliss-reactive ketones (excluding diaryl/α,β-unsaturated/α-hetero) is 1. The number of carboxylic acid groups (broad SMARTS) is 1. The number of benzene rings is 1. The number of carbonyl (C=O) groups is 3. The number of carboxylic acids is 1. The molecule has 4 nitrogen and oxygen atoms in total. The fraction of sp³-hybridized carbons (Fsp3) is 0.312. The summed E-state index contributed by atoms with van der Waals surface area (Å²) in [5, 5.41) is 8.39. The Bertz CT molecular complexity index is 488. The van der Waals surface area contributed by atoms with Gasteiger partial charge in [0.15, 0.2) is 5.78 Å². The minimum absolute atomic E-state index is 0.0402. The lowest BCUT2D eigenvalue weighted by Crippen LogP contribution is -2.11. The third kappa shape index (κ3) is 6.64. The molecule has 0 saturated carbocycles. The molecule has 1 rings (SSSR count). The Labute approximate surface area is 118 Å². The zero-order valence-electron chi connectivity index (χ0n) is 11.2. The molecule has 0 aromatic heterocycles. The highest BCUT2D eigenvalue weighted by Crippen LogP contribution is 2.06. The van der Waals surface area contributed by atoms with Crippen LogP contribution in [0, 0.1) is 0 Å². The fourth-order valence-corrected chi connectivity index (χ4v) is 1.71. The number of hydrogen-bond acceptors (Lipinski definition) is 3. The molecule has 0 amide bonds. The Kier molecular flexibility index (Phi) is 6.96. The van der Waals surface area contributed by atoms with Gasteiger partial charge in [0.05, 0.1) is 0 Å². The van der Waals surface area contributed by atoms with Crippen molar-refractivity contribution in [2.24, 2.45) is 0 Å². The van der Waals surface area contributed by atoms with Gasteiger partial charge >= 0.3 is 5.97 Å². The molecular formula is C16H18O4. The van der Waals surface area contributed by atoms with Crippen molar-refractivity contribution in [2.75, 3.05) is 0 Å². The van der Waals surface area contributed by atoms with E-state index in [0.29, 0.717) is 25.7 Å². The first-order valence-electron chi connectivity index (χ1n) is 6.61. The first-order chi connectivity index (χ1) is 9.59. The predicted octanol–water partition coefficient (Wildman–Crippen LogP) is 2.87. The SMILES string of the molecule is O=C(C=Cc1ccccc1)CCCCCC(=O)C(=O)O. The summed E-state index contributed by atoms with van der Waals surface area (Å²) in [6, 6.07) is 9.56. The number of ketones is 2. The van der Waals surface area contributed by atoms with E-state index in [-0.39, 0.29) is 12.2 Å². The predicted molar refractivity (Wildman–Crippen MR) is 76.2 cm³/mol. The molecule has 1 aromatic rings. The van der Waals surface area contributed by atoms with E-state index < -0.39 is 11.8 Å². The van der Waals surface area contributed by atoms with Crippen LogP contribution in [0.2, 0.25) is 0 Å². The van der Waals surface area contributed by atoms with Crippen molar-refractivity contribution in [3.8, 4) is 0 Å². The van der Waals surface area contributed by atoms with Gasteiger partial charge in [-0.15, -0.1) is 0 Å². The van der Waals surface area contributed by atoms with Crippen LogP contribution >= 0.6 is 0 Å². The van der Waals surface area contributed by atoms with Crippen LogP contribution in [-0.2, 0) is 14.4 Å². The largest absolute Gasteiger partial charge is 0.476 e. The minimum Gasteiger partial charge on any atom is -0.476 e. The molecule has 0 heterocycles. The molecule has 0 aliphatic rings. The van der Waals surface area contributed by atoms with Crippen molar-refractivity contribution in [3.63, 3.8) is 0 Å². The highest BCUT2D eigenvalue weighted by molar-refractivity contribution is 6.32. The van der Waals surface area contributed by atoms with E-state index in [1.807, 2.05) is 30.3 Å². The molecule has 0 bridgehead atoms. The average molecular weight is 274 g/mol. The third-order valence-electron chi connectivity index (χ3n) is 2.83. The fourth-order valence-electron chi connectivity index (χ4n) is 1.71. The summed E-state index contributed by atoms with van der Waals surface area (Å²) in [7, 11) is 0. The van der Waals surface area contributed by atoms with Crippen molar-refractivity contribution < 1.29 is 19.5 Å². The van der Waals surface area contributed by atoms with Gasteiger partial charge in [-0.2, -0.15) is 0 Å². The normalized spacial score (nSPS) is 10.6. The lowest BCUT2D eigenvalue weighted by Gasteiger charge is -1.97. The van der Waals surface area contributed by atoms with Gasteiger partial charge < -0.3 is 5.11 Å². The van der Waals surface area contributed by atoms with Gasteiger partial charge in [-0.05, 0) is 24.5 Å². The van der Waals surface area contributed by atoms with E-state index in [2.05, 4.69) is 0 Å². The summed E-state index contributed by atoms with van der Waals surface area (Å²) in [5.41, 5.74) is 0.980. The van der Waals surface area contributed by atoms with Crippen LogP contribution in [0.5, 0.6) is 0 Å². The van der Waals surface area contributed by atoms with Gasteiger partial charge in [-0.3, -0.25) is 9.59 Å². The molecule has 0 radical (unpaired) electrons. The smallest absolute Gasteiger partial charge is 0.372 e. The summed E-state index contributed by atoms with van der Waals surface area (Å²) in [6.45, 7) is 0. The molecular weight excluding hydrogens is 256 g/mol.